The Balaban J connectivity index is 2.35. The number of benzene rings is 2. The molecule has 0 aromatic heterocycles. The lowest BCUT2D eigenvalue weighted by Gasteiger charge is -2.10. The first-order valence-electron chi connectivity index (χ1n) is 4.68. The molecular weight excluding hydrogens is 416 g/mol. The Morgan fingerprint density at radius 2 is 1.53 bits per heavy atom. The van der Waals surface area contributed by atoms with E-state index in [1.54, 1.807) is 18.2 Å². The normalized spacial score (nSPS) is 10.3. The summed E-state index contributed by atoms with van der Waals surface area (Å²) in [7, 11) is 0. The average Bonchev–Trinajstić information content (AvgIpc) is 2.28. The summed E-state index contributed by atoms with van der Waals surface area (Å²) >= 11 is 10.1. The Bertz CT molecular complexity index is 535. The predicted molar refractivity (Wildman–Crippen MR) is 77.7 cm³/mol. The van der Waals surface area contributed by atoms with Crippen LogP contribution in [0.15, 0.2) is 49.8 Å². The summed E-state index contributed by atoms with van der Waals surface area (Å²) in [6, 6.07) is 10.7. The molecule has 0 saturated carbocycles. The summed E-state index contributed by atoms with van der Waals surface area (Å²) in [6.45, 7) is 0. The second-order valence-corrected chi connectivity index (χ2v) is 5.83. The highest BCUT2D eigenvalue weighted by Crippen LogP contribution is 2.38. The number of para-hydroxylation sites is 1. The van der Waals surface area contributed by atoms with Crippen LogP contribution in [0.5, 0.6) is 17.2 Å². The van der Waals surface area contributed by atoms with Crippen LogP contribution in [0.1, 0.15) is 0 Å². The van der Waals surface area contributed by atoms with Crippen molar-refractivity contribution < 1.29 is 9.84 Å². The Hall–Kier alpha value is -0.520. The zero-order valence-corrected chi connectivity index (χ0v) is 13.2. The molecule has 0 aliphatic rings. The van der Waals surface area contributed by atoms with Crippen molar-refractivity contribution in [2.45, 2.75) is 0 Å². The van der Waals surface area contributed by atoms with Gasteiger partial charge in [0.1, 0.15) is 11.5 Å². The molecule has 0 bridgehead atoms. The minimum absolute atomic E-state index is 0.184. The van der Waals surface area contributed by atoms with Crippen molar-refractivity contribution in [3.63, 3.8) is 0 Å². The highest BCUT2D eigenvalue weighted by Gasteiger charge is 2.08. The lowest BCUT2D eigenvalue weighted by atomic mass is 10.3. The number of hydrogen-bond donors (Lipinski definition) is 1. The molecule has 17 heavy (non-hydrogen) atoms. The van der Waals surface area contributed by atoms with Crippen LogP contribution in [-0.2, 0) is 0 Å². The number of phenols is 1. The van der Waals surface area contributed by atoms with Crippen LogP contribution < -0.4 is 4.74 Å². The SMILES string of the molecule is Oc1ccc(Oc2c(Br)cccc2Br)cc1Br. The van der Waals surface area contributed by atoms with E-state index in [9.17, 15) is 5.11 Å². The molecule has 1 N–H and O–H groups in total. The second-order valence-electron chi connectivity index (χ2n) is 3.27. The minimum Gasteiger partial charge on any atom is -0.507 e. The lowest BCUT2D eigenvalue weighted by molar-refractivity contribution is 0.459. The largest absolute Gasteiger partial charge is 0.507 e. The summed E-state index contributed by atoms with van der Waals surface area (Å²) in [4.78, 5) is 0. The molecule has 2 aromatic carbocycles. The summed E-state index contributed by atoms with van der Waals surface area (Å²) < 4.78 is 8.05. The van der Waals surface area contributed by atoms with Crippen molar-refractivity contribution in [1.82, 2.24) is 0 Å². The average molecular weight is 423 g/mol. The molecule has 2 nitrogen and oxygen atoms in total. The molecule has 5 heteroatoms. The number of rotatable bonds is 2. The van der Waals surface area contributed by atoms with Crippen molar-refractivity contribution in [3.05, 3.63) is 49.8 Å². The van der Waals surface area contributed by atoms with Gasteiger partial charge in [-0.1, -0.05) is 6.07 Å². The maximum Gasteiger partial charge on any atom is 0.155 e. The third kappa shape index (κ3) is 3.03. The van der Waals surface area contributed by atoms with Gasteiger partial charge >= 0.3 is 0 Å². The molecule has 0 atom stereocenters. The van der Waals surface area contributed by atoms with E-state index in [0.29, 0.717) is 16.0 Å². The number of hydrogen-bond acceptors (Lipinski definition) is 2. The molecule has 0 heterocycles. The summed E-state index contributed by atoms with van der Waals surface area (Å²) in [5.74, 6) is 1.52. The van der Waals surface area contributed by atoms with Crippen LogP contribution in [0.25, 0.3) is 0 Å². The van der Waals surface area contributed by atoms with Crippen molar-refractivity contribution in [2.24, 2.45) is 0 Å². The first-order valence-corrected chi connectivity index (χ1v) is 7.06. The van der Waals surface area contributed by atoms with Crippen molar-refractivity contribution in [3.8, 4) is 17.2 Å². The molecule has 0 saturated heterocycles. The topological polar surface area (TPSA) is 29.5 Å². The molecule has 2 rings (SSSR count). The van der Waals surface area contributed by atoms with E-state index in [2.05, 4.69) is 47.8 Å². The van der Waals surface area contributed by atoms with Gasteiger partial charge in [-0.05, 0) is 78.1 Å². The Kier molecular flexibility index (Phi) is 4.12. The van der Waals surface area contributed by atoms with Gasteiger partial charge in [0.05, 0.1) is 13.4 Å². The van der Waals surface area contributed by atoms with Gasteiger partial charge in [-0.15, -0.1) is 0 Å². The summed E-state index contributed by atoms with van der Waals surface area (Å²) in [5.41, 5.74) is 0. The molecule has 0 fully saturated rings. The third-order valence-electron chi connectivity index (χ3n) is 2.06. The van der Waals surface area contributed by atoms with E-state index >= 15 is 0 Å². The van der Waals surface area contributed by atoms with E-state index < -0.39 is 0 Å². The maximum absolute atomic E-state index is 9.40. The monoisotopic (exact) mass is 420 g/mol. The van der Waals surface area contributed by atoms with Crippen molar-refractivity contribution >= 4 is 47.8 Å². The van der Waals surface area contributed by atoms with E-state index in [1.807, 2.05) is 18.2 Å². The van der Waals surface area contributed by atoms with Crippen molar-refractivity contribution in [1.29, 1.82) is 0 Å². The van der Waals surface area contributed by atoms with Crippen LogP contribution in [0.3, 0.4) is 0 Å². The standard InChI is InChI=1S/C12H7Br3O2/c13-8-2-1-3-9(14)12(8)17-7-4-5-11(16)10(15)6-7/h1-6,16H. The second kappa shape index (κ2) is 5.42. The van der Waals surface area contributed by atoms with Gasteiger partial charge in [0.25, 0.3) is 0 Å². The lowest BCUT2D eigenvalue weighted by Crippen LogP contribution is -1.87. The van der Waals surface area contributed by atoms with Crippen LogP contribution in [0.4, 0.5) is 0 Å². The van der Waals surface area contributed by atoms with Gasteiger partial charge in [0.15, 0.2) is 5.75 Å². The van der Waals surface area contributed by atoms with Crippen molar-refractivity contribution in [2.75, 3.05) is 0 Å². The Morgan fingerprint density at radius 3 is 2.12 bits per heavy atom. The first-order chi connectivity index (χ1) is 8.08. The predicted octanol–water partition coefficient (Wildman–Crippen LogP) is 5.47. The van der Waals surface area contributed by atoms with E-state index in [-0.39, 0.29) is 5.75 Å². The molecule has 0 radical (unpaired) electrons. The number of halogens is 3. The van der Waals surface area contributed by atoms with Crippen LogP contribution in [-0.4, -0.2) is 5.11 Å². The highest BCUT2D eigenvalue weighted by molar-refractivity contribution is 9.11. The van der Waals surface area contributed by atoms with Gasteiger partial charge < -0.3 is 9.84 Å². The fourth-order valence-electron chi connectivity index (χ4n) is 1.25. The zero-order chi connectivity index (χ0) is 12.4. The molecule has 88 valence electrons. The zero-order valence-electron chi connectivity index (χ0n) is 8.45. The molecular formula is C12H7Br3O2. The molecule has 0 unspecified atom stereocenters. The smallest absolute Gasteiger partial charge is 0.155 e. The third-order valence-corrected chi connectivity index (χ3v) is 3.94. The Labute approximate surface area is 124 Å². The first kappa shape index (κ1) is 12.9. The van der Waals surface area contributed by atoms with E-state index in [4.69, 9.17) is 4.74 Å². The van der Waals surface area contributed by atoms with Gasteiger partial charge in [0.2, 0.25) is 0 Å². The van der Waals surface area contributed by atoms with Crippen LogP contribution >= 0.6 is 47.8 Å². The highest BCUT2D eigenvalue weighted by atomic mass is 79.9. The summed E-state index contributed by atoms with van der Waals surface area (Å²) in [5, 5.41) is 9.40. The van der Waals surface area contributed by atoms with E-state index in [1.165, 1.54) is 0 Å². The fraction of sp³-hybridized carbons (Fsp3) is 0. The Morgan fingerprint density at radius 1 is 0.882 bits per heavy atom. The van der Waals surface area contributed by atoms with Gasteiger partial charge in [-0.25, -0.2) is 0 Å². The van der Waals surface area contributed by atoms with E-state index in [0.717, 1.165) is 8.95 Å². The fourth-order valence-corrected chi connectivity index (χ4v) is 2.77. The number of phenolic OH excluding ortho intramolecular Hbond substituents is 1. The maximum atomic E-state index is 9.40. The summed E-state index contributed by atoms with van der Waals surface area (Å²) in [6.07, 6.45) is 0. The van der Waals surface area contributed by atoms with Crippen LogP contribution in [0, 0.1) is 0 Å². The van der Waals surface area contributed by atoms with Gasteiger partial charge in [-0.3, -0.25) is 0 Å². The number of ether oxygens (including phenoxy) is 1. The van der Waals surface area contributed by atoms with Crippen LogP contribution in [0.2, 0.25) is 0 Å². The number of aromatic hydroxyl groups is 1. The van der Waals surface area contributed by atoms with Gasteiger partial charge in [-0.2, -0.15) is 0 Å². The molecule has 0 amide bonds. The quantitative estimate of drug-likeness (QED) is 0.695. The minimum atomic E-state index is 0.184. The molecule has 2 aromatic rings. The molecule has 0 aliphatic heterocycles. The molecule has 0 aliphatic carbocycles. The molecule has 0 spiro atoms. The van der Waals surface area contributed by atoms with Gasteiger partial charge in [0, 0.05) is 0 Å².